The number of nitrogens with zero attached hydrogens (tertiary/aromatic N) is 3. The zero-order valence-electron chi connectivity index (χ0n) is 12.2. The van der Waals surface area contributed by atoms with E-state index < -0.39 is 0 Å². The Hall–Kier alpha value is -1.65. The van der Waals surface area contributed by atoms with E-state index in [9.17, 15) is 9.59 Å². The van der Waals surface area contributed by atoms with Crippen LogP contribution in [0.5, 0.6) is 0 Å². The maximum absolute atomic E-state index is 12.5. The summed E-state index contributed by atoms with van der Waals surface area (Å²) < 4.78 is 1.39. The van der Waals surface area contributed by atoms with Crippen LogP contribution in [0.3, 0.4) is 0 Å². The highest BCUT2D eigenvalue weighted by atomic mass is 16.2. The second-order valence-electron chi connectivity index (χ2n) is 5.34. The molecule has 0 radical (unpaired) electrons. The van der Waals surface area contributed by atoms with Gasteiger partial charge in [-0.15, -0.1) is 0 Å². The molecule has 1 aliphatic heterocycles. The fourth-order valence-electron chi connectivity index (χ4n) is 2.55. The van der Waals surface area contributed by atoms with Crippen molar-refractivity contribution in [2.24, 2.45) is 0 Å². The highest BCUT2D eigenvalue weighted by Crippen LogP contribution is 2.12. The topological polar surface area (TPSA) is 55.2 Å². The number of carbonyl (C=O) groups excluding carboxylic acids is 1. The summed E-state index contributed by atoms with van der Waals surface area (Å²) in [6.45, 7) is 4.14. The van der Waals surface area contributed by atoms with Gasteiger partial charge in [0.25, 0.3) is 11.5 Å². The standard InChI is InChI=1S/C15H23N3O2/c1-2-10-18-14(19)9-8-13(16-18)15(20)17-11-6-4-3-5-7-12-17/h8-9H,2-7,10-12H2,1H3. The van der Waals surface area contributed by atoms with Crippen molar-refractivity contribution >= 4 is 5.91 Å². The normalized spacial score (nSPS) is 16.6. The van der Waals surface area contributed by atoms with Gasteiger partial charge in [-0.25, -0.2) is 4.68 Å². The Morgan fingerprint density at radius 3 is 2.45 bits per heavy atom. The number of aromatic nitrogens is 2. The van der Waals surface area contributed by atoms with Crippen molar-refractivity contribution in [2.75, 3.05) is 13.1 Å². The fourth-order valence-corrected chi connectivity index (χ4v) is 2.55. The Kier molecular flexibility index (Phi) is 5.32. The average Bonchev–Trinajstić information content (AvgIpc) is 2.40. The van der Waals surface area contributed by atoms with Crippen molar-refractivity contribution in [2.45, 2.75) is 52.0 Å². The van der Waals surface area contributed by atoms with Gasteiger partial charge < -0.3 is 4.90 Å². The second kappa shape index (κ2) is 7.22. The molecule has 5 nitrogen and oxygen atoms in total. The number of aryl methyl sites for hydroxylation is 1. The lowest BCUT2D eigenvalue weighted by Gasteiger charge is -2.24. The van der Waals surface area contributed by atoms with Crippen LogP contribution in [0.15, 0.2) is 16.9 Å². The van der Waals surface area contributed by atoms with Crippen LogP contribution in [0.25, 0.3) is 0 Å². The Balaban J connectivity index is 2.14. The van der Waals surface area contributed by atoms with Crippen LogP contribution in [0.1, 0.15) is 55.9 Å². The third kappa shape index (κ3) is 3.68. The first-order valence-electron chi connectivity index (χ1n) is 7.60. The number of amides is 1. The second-order valence-corrected chi connectivity index (χ2v) is 5.34. The van der Waals surface area contributed by atoms with Crippen molar-refractivity contribution in [3.8, 4) is 0 Å². The predicted octanol–water partition coefficient (Wildman–Crippen LogP) is 2.06. The van der Waals surface area contributed by atoms with Gasteiger partial charge in [0.05, 0.1) is 0 Å². The van der Waals surface area contributed by atoms with Gasteiger partial charge in [-0.2, -0.15) is 5.10 Å². The molecule has 0 bridgehead atoms. The van der Waals surface area contributed by atoms with Crippen molar-refractivity contribution in [1.82, 2.24) is 14.7 Å². The van der Waals surface area contributed by atoms with E-state index in [0.717, 1.165) is 32.4 Å². The van der Waals surface area contributed by atoms with Crippen LogP contribution in [-0.4, -0.2) is 33.7 Å². The smallest absolute Gasteiger partial charge is 0.274 e. The molecule has 0 aromatic carbocycles. The lowest BCUT2D eigenvalue weighted by atomic mass is 10.1. The van der Waals surface area contributed by atoms with E-state index in [4.69, 9.17) is 0 Å². The first kappa shape index (κ1) is 14.8. The van der Waals surface area contributed by atoms with Crippen molar-refractivity contribution in [1.29, 1.82) is 0 Å². The van der Waals surface area contributed by atoms with E-state index in [1.54, 1.807) is 6.07 Å². The molecular formula is C15H23N3O2. The number of hydrogen-bond donors (Lipinski definition) is 0. The maximum Gasteiger partial charge on any atom is 0.274 e. The third-order valence-corrected chi connectivity index (χ3v) is 3.66. The average molecular weight is 277 g/mol. The SMILES string of the molecule is CCCn1nc(C(=O)N2CCCCCCC2)ccc1=O. The zero-order chi connectivity index (χ0) is 14.4. The molecular weight excluding hydrogens is 254 g/mol. The van der Waals surface area contributed by atoms with E-state index in [0.29, 0.717) is 12.2 Å². The van der Waals surface area contributed by atoms with E-state index in [1.807, 2.05) is 11.8 Å². The quantitative estimate of drug-likeness (QED) is 0.849. The lowest BCUT2D eigenvalue weighted by Crippen LogP contribution is -2.36. The summed E-state index contributed by atoms with van der Waals surface area (Å²) in [6, 6.07) is 3.00. The molecule has 1 fully saturated rings. The summed E-state index contributed by atoms with van der Waals surface area (Å²) >= 11 is 0. The van der Waals surface area contributed by atoms with Crippen LogP contribution < -0.4 is 5.56 Å². The number of carbonyl (C=O) groups is 1. The summed E-state index contributed by atoms with van der Waals surface area (Å²) in [6.07, 6.45) is 6.58. The van der Waals surface area contributed by atoms with Gasteiger partial charge in [0.1, 0.15) is 5.69 Å². The Morgan fingerprint density at radius 2 is 1.80 bits per heavy atom. The first-order chi connectivity index (χ1) is 9.72. The van der Waals surface area contributed by atoms with Crippen molar-refractivity contribution < 1.29 is 4.79 Å². The number of hydrogen-bond acceptors (Lipinski definition) is 3. The fraction of sp³-hybridized carbons (Fsp3) is 0.667. The molecule has 0 saturated carbocycles. The molecule has 1 amide bonds. The molecule has 2 heterocycles. The van der Waals surface area contributed by atoms with Crippen LogP contribution in [0.2, 0.25) is 0 Å². The van der Waals surface area contributed by atoms with Crippen LogP contribution >= 0.6 is 0 Å². The molecule has 2 rings (SSSR count). The Bertz CT molecular complexity index is 502. The minimum absolute atomic E-state index is 0.0447. The molecule has 5 heteroatoms. The molecule has 0 unspecified atom stereocenters. The molecule has 20 heavy (non-hydrogen) atoms. The van der Waals surface area contributed by atoms with Gasteiger partial charge >= 0.3 is 0 Å². The first-order valence-corrected chi connectivity index (χ1v) is 7.60. The van der Waals surface area contributed by atoms with Crippen LogP contribution in [-0.2, 0) is 6.54 Å². The highest BCUT2D eigenvalue weighted by molar-refractivity contribution is 5.92. The molecule has 110 valence electrons. The molecule has 1 aromatic heterocycles. The monoisotopic (exact) mass is 277 g/mol. The van der Waals surface area contributed by atoms with Crippen molar-refractivity contribution in [3.63, 3.8) is 0 Å². The lowest BCUT2D eigenvalue weighted by molar-refractivity contribution is 0.0733. The van der Waals surface area contributed by atoms with Gasteiger partial charge in [0.2, 0.25) is 0 Å². The van der Waals surface area contributed by atoms with Gasteiger partial charge in [0.15, 0.2) is 0 Å². The van der Waals surface area contributed by atoms with Gasteiger partial charge in [-0.1, -0.05) is 26.2 Å². The van der Waals surface area contributed by atoms with Crippen LogP contribution in [0.4, 0.5) is 0 Å². The molecule has 0 spiro atoms. The molecule has 1 aliphatic rings. The Labute approximate surface area is 119 Å². The largest absolute Gasteiger partial charge is 0.337 e. The predicted molar refractivity (Wildman–Crippen MR) is 77.8 cm³/mol. The molecule has 0 atom stereocenters. The van der Waals surface area contributed by atoms with Crippen LogP contribution in [0, 0.1) is 0 Å². The maximum atomic E-state index is 12.5. The summed E-state index contributed by atoms with van der Waals surface area (Å²) in [5.74, 6) is -0.0447. The van der Waals surface area contributed by atoms with Gasteiger partial charge in [-0.3, -0.25) is 9.59 Å². The van der Waals surface area contributed by atoms with Crippen molar-refractivity contribution in [3.05, 3.63) is 28.2 Å². The van der Waals surface area contributed by atoms with E-state index in [-0.39, 0.29) is 11.5 Å². The zero-order valence-corrected chi connectivity index (χ0v) is 12.2. The minimum Gasteiger partial charge on any atom is -0.337 e. The Morgan fingerprint density at radius 1 is 1.15 bits per heavy atom. The molecule has 1 saturated heterocycles. The summed E-state index contributed by atoms with van der Waals surface area (Å²) in [4.78, 5) is 26.0. The molecule has 0 aliphatic carbocycles. The van der Waals surface area contributed by atoms with Gasteiger partial charge in [0, 0.05) is 25.7 Å². The molecule has 1 aromatic rings. The number of likely N-dealkylation sites (tertiary alicyclic amines) is 1. The van der Waals surface area contributed by atoms with E-state index in [2.05, 4.69) is 5.10 Å². The summed E-state index contributed by atoms with van der Waals surface area (Å²) in [5, 5.41) is 4.20. The highest BCUT2D eigenvalue weighted by Gasteiger charge is 2.18. The number of rotatable bonds is 3. The minimum atomic E-state index is -0.143. The van der Waals surface area contributed by atoms with Gasteiger partial charge in [-0.05, 0) is 25.3 Å². The summed E-state index contributed by atoms with van der Waals surface area (Å²) in [5.41, 5.74) is 0.245. The van der Waals surface area contributed by atoms with E-state index in [1.165, 1.54) is 30.0 Å². The van der Waals surface area contributed by atoms with E-state index >= 15 is 0 Å². The molecule has 0 N–H and O–H groups in total. The summed E-state index contributed by atoms with van der Waals surface area (Å²) in [7, 11) is 0. The third-order valence-electron chi connectivity index (χ3n) is 3.66.